The molecule has 0 aliphatic heterocycles. The average Bonchev–Trinajstić information content (AvgIpc) is 1.53. The van der Waals surface area contributed by atoms with Crippen LogP contribution in [0.25, 0.3) is 0 Å². The summed E-state index contributed by atoms with van der Waals surface area (Å²) in [6, 6.07) is 0. The van der Waals surface area contributed by atoms with Gasteiger partial charge in [0.1, 0.15) is 19.3 Å². The zero-order valence-corrected chi connectivity index (χ0v) is 65.9. The van der Waals surface area contributed by atoms with Crippen LogP contribution in [0.3, 0.4) is 0 Å². The maximum atomic E-state index is 13.1. The Morgan fingerprint density at radius 3 is 0.694 bits per heavy atom. The molecule has 2 unspecified atom stereocenters. The maximum absolute atomic E-state index is 13.1. The average molecular weight is 1440 g/mol. The van der Waals surface area contributed by atoms with E-state index in [9.17, 15) is 43.2 Å². The lowest BCUT2D eigenvalue weighted by atomic mass is 10.0. The molecule has 0 aromatic carbocycles. The number of carbonyl (C=O) groups excluding carboxylic acids is 4. The third kappa shape index (κ3) is 72.4. The lowest BCUT2D eigenvalue weighted by Crippen LogP contribution is -2.30. The summed E-state index contributed by atoms with van der Waals surface area (Å²) in [5.74, 6) is -0.567. The van der Waals surface area contributed by atoms with Crippen LogP contribution in [-0.2, 0) is 65.4 Å². The minimum Gasteiger partial charge on any atom is -0.462 e. The highest BCUT2D eigenvalue weighted by atomic mass is 31.2. The monoisotopic (exact) mass is 1440 g/mol. The van der Waals surface area contributed by atoms with E-state index >= 15 is 0 Å². The molecule has 0 saturated carbocycles. The van der Waals surface area contributed by atoms with Crippen LogP contribution in [0.1, 0.15) is 414 Å². The third-order valence-corrected chi connectivity index (χ3v) is 20.4. The highest BCUT2D eigenvalue weighted by molar-refractivity contribution is 7.47. The Morgan fingerprint density at radius 2 is 0.469 bits per heavy atom. The SMILES string of the molecule is CCCCCCCCCCCCCCCCCCCCC(=O)O[C@H](COC(=O)CCCCCCCCCCCCCCCC(C)C)COP(=O)(O)OC[C@@H](O)COP(=O)(O)OC[C@@H](COC(=O)CCCCCCCCCCCCC)OC(=O)CCCCCCCCCCCCC(C)C. The molecular weight excluding hydrogens is 1280 g/mol. The van der Waals surface area contributed by atoms with Crippen molar-refractivity contribution < 1.29 is 80.2 Å². The first-order chi connectivity index (χ1) is 47.4. The Morgan fingerprint density at radius 1 is 0.276 bits per heavy atom. The van der Waals surface area contributed by atoms with Crippen molar-refractivity contribution in [2.75, 3.05) is 39.6 Å². The van der Waals surface area contributed by atoms with Gasteiger partial charge in [0.05, 0.1) is 26.4 Å². The molecule has 0 rings (SSSR count). The number of aliphatic hydroxyl groups is 1. The summed E-state index contributed by atoms with van der Waals surface area (Å²) in [7, 11) is -9.92. The van der Waals surface area contributed by atoms with Crippen molar-refractivity contribution in [2.45, 2.75) is 432 Å². The van der Waals surface area contributed by atoms with Gasteiger partial charge in [-0.1, -0.05) is 363 Å². The highest BCUT2D eigenvalue weighted by Gasteiger charge is 2.30. The molecule has 0 bridgehead atoms. The van der Waals surface area contributed by atoms with E-state index in [2.05, 4.69) is 41.5 Å². The van der Waals surface area contributed by atoms with Gasteiger partial charge >= 0.3 is 39.5 Å². The molecule has 0 aromatic rings. The van der Waals surface area contributed by atoms with Crippen molar-refractivity contribution >= 4 is 39.5 Å². The molecule has 582 valence electrons. The number of aliphatic hydroxyl groups excluding tert-OH is 1. The van der Waals surface area contributed by atoms with Crippen molar-refractivity contribution in [3.8, 4) is 0 Å². The molecule has 0 heterocycles. The predicted octanol–water partition coefficient (Wildman–Crippen LogP) is 23.5. The van der Waals surface area contributed by atoms with Gasteiger partial charge in [0.15, 0.2) is 12.2 Å². The molecule has 0 spiro atoms. The molecule has 0 fully saturated rings. The quantitative estimate of drug-likeness (QED) is 0.0222. The van der Waals surface area contributed by atoms with Gasteiger partial charge in [0, 0.05) is 25.7 Å². The van der Waals surface area contributed by atoms with Crippen LogP contribution in [0.2, 0.25) is 0 Å². The maximum Gasteiger partial charge on any atom is 0.472 e. The summed E-state index contributed by atoms with van der Waals surface area (Å²) in [4.78, 5) is 73.0. The van der Waals surface area contributed by atoms with Crippen LogP contribution >= 0.6 is 15.6 Å². The molecular formula is C79H154O17P2. The van der Waals surface area contributed by atoms with Gasteiger partial charge in [-0.25, -0.2) is 9.13 Å². The molecule has 0 amide bonds. The molecule has 17 nitrogen and oxygen atoms in total. The molecule has 3 N–H and O–H groups in total. The number of phosphoric acid groups is 2. The van der Waals surface area contributed by atoms with E-state index < -0.39 is 97.5 Å². The zero-order valence-electron chi connectivity index (χ0n) is 64.1. The van der Waals surface area contributed by atoms with Gasteiger partial charge in [-0.15, -0.1) is 0 Å². The van der Waals surface area contributed by atoms with E-state index in [-0.39, 0.29) is 25.7 Å². The van der Waals surface area contributed by atoms with Gasteiger partial charge in [-0.2, -0.15) is 0 Å². The number of hydrogen-bond donors (Lipinski definition) is 3. The van der Waals surface area contributed by atoms with E-state index in [4.69, 9.17) is 37.0 Å². The summed E-state index contributed by atoms with van der Waals surface area (Å²) >= 11 is 0. The second-order valence-corrected chi connectivity index (χ2v) is 32.3. The molecule has 0 radical (unpaired) electrons. The minimum atomic E-state index is -4.96. The Hall–Kier alpha value is -1.94. The van der Waals surface area contributed by atoms with E-state index in [0.29, 0.717) is 25.7 Å². The summed E-state index contributed by atoms with van der Waals surface area (Å²) in [6.07, 6.45) is 59.6. The fourth-order valence-electron chi connectivity index (χ4n) is 12.2. The van der Waals surface area contributed by atoms with Gasteiger partial charge in [-0.05, 0) is 37.5 Å². The number of rotatable bonds is 78. The fourth-order valence-corrected chi connectivity index (χ4v) is 13.8. The number of unbranched alkanes of at least 4 members (excludes halogenated alkanes) is 48. The van der Waals surface area contributed by atoms with Gasteiger partial charge in [0.2, 0.25) is 0 Å². The topological polar surface area (TPSA) is 237 Å². The van der Waals surface area contributed by atoms with Crippen LogP contribution in [0, 0.1) is 11.8 Å². The Kier molecular flexibility index (Phi) is 69.3. The van der Waals surface area contributed by atoms with Gasteiger partial charge < -0.3 is 33.8 Å². The first-order valence-electron chi connectivity index (χ1n) is 41.0. The van der Waals surface area contributed by atoms with Crippen molar-refractivity contribution in [2.24, 2.45) is 11.8 Å². The number of ether oxygens (including phenoxy) is 4. The summed E-state index contributed by atoms with van der Waals surface area (Å²) in [6.45, 7) is 9.63. The van der Waals surface area contributed by atoms with Crippen LogP contribution < -0.4 is 0 Å². The van der Waals surface area contributed by atoms with Crippen LogP contribution in [-0.4, -0.2) is 96.7 Å². The first-order valence-corrected chi connectivity index (χ1v) is 44.0. The normalized spacial score (nSPS) is 13.9. The van der Waals surface area contributed by atoms with Crippen LogP contribution in [0.5, 0.6) is 0 Å². The number of esters is 4. The Balaban J connectivity index is 5.25. The van der Waals surface area contributed by atoms with Crippen molar-refractivity contribution in [1.29, 1.82) is 0 Å². The molecule has 19 heteroatoms. The Labute approximate surface area is 600 Å². The molecule has 0 aliphatic carbocycles. The van der Waals surface area contributed by atoms with Crippen LogP contribution in [0.15, 0.2) is 0 Å². The minimum absolute atomic E-state index is 0.106. The van der Waals surface area contributed by atoms with Gasteiger partial charge in [-0.3, -0.25) is 37.3 Å². The lowest BCUT2D eigenvalue weighted by molar-refractivity contribution is -0.161. The summed E-state index contributed by atoms with van der Waals surface area (Å²) in [5.41, 5.74) is 0. The van der Waals surface area contributed by atoms with Crippen molar-refractivity contribution in [1.82, 2.24) is 0 Å². The summed E-state index contributed by atoms with van der Waals surface area (Å²) < 4.78 is 68.7. The smallest absolute Gasteiger partial charge is 0.462 e. The lowest BCUT2D eigenvalue weighted by Gasteiger charge is -2.21. The Bertz CT molecular complexity index is 1890. The fraction of sp³-hybridized carbons (Fsp3) is 0.949. The molecule has 0 aromatic heterocycles. The second kappa shape index (κ2) is 70.7. The molecule has 0 aliphatic rings. The largest absolute Gasteiger partial charge is 0.472 e. The van der Waals surface area contributed by atoms with E-state index in [1.54, 1.807) is 0 Å². The van der Waals surface area contributed by atoms with E-state index in [0.717, 1.165) is 102 Å². The molecule has 98 heavy (non-hydrogen) atoms. The van der Waals surface area contributed by atoms with Crippen LogP contribution in [0.4, 0.5) is 0 Å². The third-order valence-electron chi connectivity index (χ3n) is 18.5. The number of hydrogen-bond acceptors (Lipinski definition) is 15. The number of carbonyl (C=O) groups is 4. The molecule has 0 saturated heterocycles. The standard InChI is InChI=1S/C79H154O17P2/c1-7-9-11-13-15-17-19-20-21-22-23-24-27-32-39-45-51-57-63-78(83)95-74(68-90-77(82)62-56-50-44-38-31-28-25-26-30-35-41-47-53-59-71(3)4)69-93-97(85,86)91-65-73(80)66-92-98(87,88)94-70-75(67-89-76(81)61-55-49-43-37-29-18-16-14-12-10-8-2)96-79(84)64-58-52-46-40-34-33-36-42-48-54-60-72(5)6/h71-75,80H,7-70H2,1-6H3,(H,85,86)(H,87,88)/t73-,74-,75-/m1/s1. The second-order valence-electron chi connectivity index (χ2n) is 29.4. The summed E-state index contributed by atoms with van der Waals surface area (Å²) in [5, 5.41) is 10.6. The number of phosphoric ester groups is 2. The van der Waals surface area contributed by atoms with E-state index in [1.165, 1.54) is 231 Å². The first kappa shape index (κ1) is 96.1. The van der Waals surface area contributed by atoms with Gasteiger partial charge in [0.25, 0.3) is 0 Å². The zero-order chi connectivity index (χ0) is 72.1. The van der Waals surface area contributed by atoms with Crippen molar-refractivity contribution in [3.05, 3.63) is 0 Å². The van der Waals surface area contributed by atoms with Crippen molar-refractivity contribution in [3.63, 3.8) is 0 Å². The highest BCUT2D eigenvalue weighted by Crippen LogP contribution is 2.45. The molecule has 5 atom stereocenters. The predicted molar refractivity (Wildman–Crippen MR) is 400 cm³/mol. The van der Waals surface area contributed by atoms with E-state index in [1.807, 2.05) is 0 Å².